The predicted octanol–water partition coefficient (Wildman–Crippen LogP) is 3.48. The fraction of sp³-hybridized carbons (Fsp3) is 0.190. The van der Waals surface area contributed by atoms with Crippen molar-refractivity contribution in [3.63, 3.8) is 0 Å². The summed E-state index contributed by atoms with van der Waals surface area (Å²) in [5.74, 6) is 1.43. The van der Waals surface area contributed by atoms with Gasteiger partial charge in [-0.25, -0.2) is 9.97 Å². The Kier molecular flexibility index (Phi) is 6.06. The molecule has 0 saturated heterocycles. The van der Waals surface area contributed by atoms with Gasteiger partial charge in [-0.1, -0.05) is 23.8 Å². The lowest BCUT2D eigenvalue weighted by atomic mass is 10.2. The summed E-state index contributed by atoms with van der Waals surface area (Å²) in [4.78, 5) is 20.7. The molecule has 0 unspecified atom stereocenters. The lowest BCUT2D eigenvalue weighted by molar-refractivity contribution is 0.0950. The molecule has 0 aliphatic carbocycles. The van der Waals surface area contributed by atoms with Crippen LogP contribution in [-0.4, -0.2) is 30.1 Å². The summed E-state index contributed by atoms with van der Waals surface area (Å²) >= 11 is 0. The van der Waals surface area contributed by atoms with Gasteiger partial charge in [0.2, 0.25) is 5.95 Å². The molecule has 0 bridgehead atoms. The molecule has 7 heteroatoms. The standard InChI is InChI=1S/C21H22N4O3/c1-14-4-7-17(8-5-14)25-21-23-12-16(13-24-21)20(26)22-11-15-6-9-18(27-2)19(10-15)28-3/h4-10,12-13H,11H2,1-3H3,(H,22,26)(H,23,24,25). The minimum Gasteiger partial charge on any atom is -0.493 e. The van der Waals surface area contributed by atoms with E-state index < -0.39 is 0 Å². The summed E-state index contributed by atoms with van der Waals surface area (Å²) in [5, 5.41) is 5.94. The van der Waals surface area contributed by atoms with Crippen molar-refractivity contribution >= 4 is 17.5 Å². The fourth-order valence-electron chi connectivity index (χ4n) is 2.55. The van der Waals surface area contributed by atoms with Crippen molar-refractivity contribution in [2.75, 3.05) is 19.5 Å². The molecule has 1 amide bonds. The number of hydrogen-bond acceptors (Lipinski definition) is 6. The number of carbonyl (C=O) groups is 1. The number of benzene rings is 2. The first kappa shape index (κ1) is 19.2. The maximum Gasteiger partial charge on any atom is 0.254 e. The minimum atomic E-state index is -0.253. The van der Waals surface area contributed by atoms with Gasteiger partial charge in [-0.15, -0.1) is 0 Å². The van der Waals surface area contributed by atoms with E-state index in [4.69, 9.17) is 9.47 Å². The van der Waals surface area contributed by atoms with Gasteiger partial charge >= 0.3 is 0 Å². The van der Waals surface area contributed by atoms with Crippen molar-refractivity contribution in [1.29, 1.82) is 0 Å². The Morgan fingerprint density at radius 3 is 2.29 bits per heavy atom. The fourth-order valence-corrected chi connectivity index (χ4v) is 2.55. The van der Waals surface area contributed by atoms with E-state index in [0.717, 1.165) is 11.3 Å². The Labute approximate surface area is 163 Å². The normalized spacial score (nSPS) is 10.2. The smallest absolute Gasteiger partial charge is 0.254 e. The number of anilines is 2. The van der Waals surface area contributed by atoms with E-state index in [1.165, 1.54) is 18.0 Å². The number of aromatic nitrogens is 2. The summed E-state index contributed by atoms with van der Waals surface area (Å²) in [7, 11) is 3.15. The Balaban J connectivity index is 1.59. The number of methoxy groups -OCH3 is 2. The maximum atomic E-state index is 12.3. The zero-order chi connectivity index (χ0) is 19.9. The van der Waals surface area contributed by atoms with Crippen LogP contribution >= 0.6 is 0 Å². The molecule has 2 aromatic carbocycles. The molecule has 0 spiro atoms. The molecule has 0 aliphatic rings. The second-order valence-electron chi connectivity index (χ2n) is 6.16. The largest absolute Gasteiger partial charge is 0.493 e. The van der Waals surface area contributed by atoms with Crippen molar-refractivity contribution in [3.05, 3.63) is 71.5 Å². The molecular formula is C21H22N4O3. The lowest BCUT2D eigenvalue weighted by Gasteiger charge is -2.10. The van der Waals surface area contributed by atoms with Crippen LogP contribution in [0.4, 0.5) is 11.6 Å². The molecule has 0 atom stereocenters. The highest BCUT2D eigenvalue weighted by Gasteiger charge is 2.09. The highest BCUT2D eigenvalue weighted by atomic mass is 16.5. The summed E-state index contributed by atoms with van der Waals surface area (Å²) in [5.41, 5.74) is 3.34. The van der Waals surface area contributed by atoms with Gasteiger partial charge in [-0.2, -0.15) is 0 Å². The van der Waals surface area contributed by atoms with Crippen molar-refractivity contribution in [2.24, 2.45) is 0 Å². The second kappa shape index (κ2) is 8.85. The molecule has 1 aromatic heterocycles. The SMILES string of the molecule is COc1ccc(CNC(=O)c2cnc(Nc3ccc(C)cc3)nc2)cc1OC. The number of aryl methyl sites for hydroxylation is 1. The first-order chi connectivity index (χ1) is 13.6. The van der Waals surface area contributed by atoms with Crippen molar-refractivity contribution < 1.29 is 14.3 Å². The number of amides is 1. The predicted molar refractivity (Wildman–Crippen MR) is 107 cm³/mol. The molecule has 3 aromatic rings. The molecule has 0 saturated carbocycles. The van der Waals surface area contributed by atoms with Crippen LogP contribution in [0.15, 0.2) is 54.9 Å². The Morgan fingerprint density at radius 2 is 1.64 bits per heavy atom. The Bertz CT molecular complexity index is 941. The number of carbonyl (C=O) groups excluding carboxylic acids is 1. The van der Waals surface area contributed by atoms with Gasteiger partial charge in [-0.3, -0.25) is 4.79 Å². The first-order valence-electron chi connectivity index (χ1n) is 8.74. The highest BCUT2D eigenvalue weighted by molar-refractivity contribution is 5.93. The van der Waals surface area contributed by atoms with Gasteiger partial charge in [-0.05, 0) is 36.8 Å². The van der Waals surface area contributed by atoms with Crippen LogP contribution in [0.1, 0.15) is 21.5 Å². The molecule has 1 heterocycles. The van der Waals surface area contributed by atoms with Crippen molar-refractivity contribution in [1.82, 2.24) is 15.3 Å². The van der Waals surface area contributed by atoms with Crippen molar-refractivity contribution in [3.8, 4) is 11.5 Å². The van der Waals surface area contributed by atoms with Gasteiger partial charge < -0.3 is 20.1 Å². The average molecular weight is 378 g/mol. The molecule has 0 aliphatic heterocycles. The molecule has 28 heavy (non-hydrogen) atoms. The van der Waals surface area contributed by atoms with Crippen LogP contribution in [0.2, 0.25) is 0 Å². The van der Waals surface area contributed by atoms with E-state index in [-0.39, 0.29) is 5.91 Å². The third-order valence-electron chi connectivity index (χ3n) is 4.12. The van der Waals surface area contributed by atoms with Crippen LogP contribution < -0.4 is 20.1 Å². The summed E-state index contributed by atoms with van der Waals surface area (Å²) in [6, 6.07) is 13.4. The van der Waals surface area contributed by atoms with Gasteiger partial charge in [0.05, 0.1) is 19.8 Å². The van der Waals surface area contributed by atoms with Crippen molar-refractivity contribution in [2.45, 2.75) is 13.5 Å². The molecule has 7 nitrogen and oxygen atoms in total. The first-order valence-corrected chi connectivity index (χ1v) is 8.74. The lowest BCUT2D eigenvalue weighted by Crippen LogP contribution is -2.23. The summed E-state index contributed by atoms with van der Waals surface area (Å²) in [6.45, 7) is 2.37. The number of rotatable bonds is 7. The third-order valence-corrected chi connectivity index (χ3v) is 4.12. The quantitative estimate of drug-likeness (QED) is 0.655. The molecule has 2 N–H and O–H groups in total. The number of ether oxygens (including phenoxy) is 2. The topological polar surface area (TPSA) is 85.4 Å². The highest BCUT2D eigenvalue weighted by Crippen LogP contribution is 2.27. The number of nitrogens with zero attached hydrogens (tertiary/aromatic N) is 2. The van der Waals surface area contributed by atoms with E-state index in [1.807, 2.05) is 43.3 Å². The van der Waals surface area contributed by atoms with Gasteiger partial charge in [0.1, 0.15) is 0 Å². The van der Waals surface area contributed by atoms with Gasteiger partial charge in [0, 0.05) is 24.6 Å². The van der Waals surface area contributed by atoms with Crippen LogP contribution in [0.5, 0.6) is 11.5 Å². The van der Waals surface area contributed by atoms with Crippen LogP contribution in [0.3, 0.4) is 0 Å². The van der Waals surface area contributed by atoms with E-state index >= 15 is 0 Å². The van der Waals surface area contributed by atoms with Crippen LogP contribution in [0, 0.1) is 6.92 Å². The van der Waals surface area contributed by atoms with Crippen LogP contribution in [0.25, 0.3) is 0 Å². The number of hydrogen-bond donors (Lipinski definition) is 2. The molecule has 3 rings (SSSR count). The minimum absolute atomic E-state index is 0.253. The van der Waals surface area contributed by atoms with E-state index in [1.54, 1.807) is 20.3 Å². The molecule has 0 fully saturated rings. The Hall–Kier alpha value is -3.61. The van der Waals surface area contributed by atoms with E-state index in [0.29, 0.717) is 29.6 Å². The number of nitrogens with one attached hydrogen (secondary N) is 2. The van der Waals surface area contributed by atoms with Gasteiger partial charge in [0.25, 0.3) is 5.91 Å². The molecule has 0 radical (unpaired) electrons. The van der Waals surface area contributed by atoms with Crippen LogP contribution in [-0.2, 0) is 6.54 Å². The van der Waals surface area contributed by atoms with E-state index in [2.05, 4.69) is 20.6 Å². The molecular weight excluding hydrogens is 356 g/mol. The van der Waals surface area contributed by atoms with E-state index in [9.17, 15) is 4.79 Å². The maximum absolute atomic E-state index is 12.3. The van der Waals surface area contributed by atoms with Gasteiger partial charge in [0.15, 0.2) is 11.5 Å². The Morgan fingerprint density at radius 1 is 0.964 bits per heavy atom. The zero-order valence-electron chi connectivity index (χ0n) is 16.0. The summed E-state index contributed by atoms with van der Waals surface area (Å²) < 4.78 is 10.5. The second-order valence-corrected chi connectivity index (χ2v) is 6.16. The molecule has 144 valence electrons. The monoisotopic (exact) mass is 378 g/mol. The average Bonchev–Trinajstić information content (AvgIpc) is 2.74. The zero-order valence-corrected chi connectivity index (χ0v) is 16.0. The summed E-state index contributed by atoms with van der Waals surface area (Å²) in [6.07, 6.45) is 2.99. The third kappa shape index (κ3) is 4.76.